The van der Waals surface area contributed by atoms with Crippen LogP contribution in [0.15, 0.2) is 23.6 Å². The number of nitrogens with zero attached hydrogens (tertiary/aromatic N) is 1. The van der Waals surface area contributed by atoms with Crippen molar-refractivity contribution in [3.63, 3.8) is 0 Å². The summed E-state index contributed by atoms with van der Waals surface area (Å²) >= 11 is 7.57. The molecule has 2 rings (SSSR count). The van der Waals surface area contributed by atoms with E-state index >= 15 is 0 Å². The number of benzene rings is 1. The zero-order valence-electron chi connectivity index (χ0n) is 8.12. The average Bonchev–Trinajstić information content (AvgIpc) is 2.56. The minimum absolute atomic E-state index is 0.600. The number of hydrogen-bond acceptors (Lipinski definition) is 4. The lowest BCUT2D eigenvalue weighted by atomic mass is 10.3. The van der Waals surface area contributed by atoms with Crippen molar-refractivity contribution >= 4 is 39.4 Å². The van der Waals surface area contributed by atoms with Gasteiger partial charge in [-0.2, -0.15) is 0 Å². The van der Waals surface area contributed by atoms with Crippen LogP contribution >= 0.6 is 22.9 Å². The number of anilines is 3. The first kappa shape index (κ1) is 10.3. The fourth-order valence-electron chi connectivity index (χ4n) is 1.16. The molecule has 0 aliphatic rings. The molecule has 2 aromatic rings. The van der Waals surface area contributed by atoms with Gasteiger partial charge in [0.25, 0.3) is 0 Å². The van der Waals surface area contributed by atoms with Gasteiger partial charge in [-0.25, -0.2) is 4.98 Å². The number of rotatable bonds is 2. The molecule has 1 aromatic heterocycles. The van der Waals surface area contributed by atoms with Gasteiger partial charge in [0.15, 0.2) is 5.13 Å². The summed E-state index contributed by atoms with van der Waals surface area (Å²) in [6.45, 7) is 1.95. The van der Waals surface area contributed by atoms with E-state index in [4.69, 9.17) is 17.3 Å². The molecule has 3 nitrogen and oxygen atoms in total. The second-order valence-electron chi connectivity index (χ2n) is 3.16. The Morgan fingerprint density at radius 2 is 2.27 bits per heavy atom. The standard InChI is InChI=1S/C10H10ClN3S/c1-6-5-15-10(13-6)14-9-3-2-7(12)4-8(9)11/h2-5H,12H2,1H3,(H,13,14). The highest BCUT2D eigenvalue weighted by molar-refractivity contribution is 7.13. The lowest BCUT2D eigenvalue weighted by Gasteiger charge is -2.05. The molecular weight excluding hydrogens is 230 g/mol. The van der Waals surface area contributed by atoms with Crippen LogP contribution in [0.25, 0.3) is 0 Å². The van der Waals surface area contributed by atoms with E-state index in [9.17, 15) is 0 Å². The fourth-order valence-corrected chi connectivity index (χ4v) is 2.10. The third-order valence-corrected chi connectivity index (χ3v) is 3.04. The highest BCUT2D eigenvalue weighted by Crippen LogP contribution is 2.28. The molecule has 15 heavy (non-hydrogen) atoms. The summed E-state index contributed by atoms with van der Waals surface area (Å²) in [6, 6.07) is 5.35. The molecule has 0 spiro atoms. The van der Waals surface area contributed by atoms with Crippen LogP contribution in [0.5, 0.6) is 0 Å². The van der Waals surface area contributed by atoms with Gasteiger partial charge in [0, 0.05) is 11.1 Å². The maximum absolute atomic E-state index is 6.02. The van der Waals surface area contributed by atoms with Crippen molar-refractivity contribution in [3.8, 4) is 0 Å². The summed E-state index contributed by atoms with van der Waals surface area (Å²) in [5.74, 6) is 0. The lowest BCUT2D eigenvalue weighted by molar-refractivity contribution is 1.26. The molecule has 0 saturated carbocycles. The molecule has 0 fully saturated rings. The number of aromatic nitrogens is 1. The van der Waals surface area contributed by atoms with Crippen molar-refractivity contribution in [1.82, 2.24) is 4.98 Å². The van der Waals surface area contributed by atoms with Gasteiger partial charge in [0.2, 0.25) is 0 Å². The SMILES string of the molecule is Cc1csc(Nc2ccc(N)cc2Cl)n1. The summed E-state index contributed by atoms with van der Waals surface area (Å²) in [7, 11) is 0. The number of nitrogens with two attached hydrogens (primary N) is 1. The van der Waals surface area contributed by atoms with Gasteiger partial charge >= 0.3 is 0 Å². The van der Waals surface area contributed by atoms with Crippen molar-refractivity contribution in [1.29, 1.82) is 0 Å². The first-order valence-corrected chi connectivity index (χ1v) is 5.65. The minimum Gasteiger partial charge on any atom is -0.399 e. The van der Waals surface area contributed by atoms with Gasteiger partial charge in [-0.3, -0.25) is 0 Å². The van der Waals surface area contributed by atoms with Crippen LogP contribution in [-0.4, -0.2) is 4.98 Å². The van der Waals surface area contributed by atoms with Crippen LogP contribution in [0.4, 0.5) is 16.5 Å². The first-order valence-electron chi connectivity index (χ1n) is 4.39. The van der Waals surface area contributed by atoms with E-state index in [1.165, 1.54) is 0 Å². The number of halogens is 1. The van der Waals surface area contributed by atoms with Crippen molar-refractivity contribution in [3.05, 3.63) is 34.3 Å². The monoisotopic (exact) mass is 239 g/mol. The van der Waals surface area contributed by atoms with Gasteiger partial charge in [0.1, 0.15) is 0 Å². The third kappa shape index (κ3) is 2.40. The van der Waals surface area contributed by atoms with Gasteiger partial charge in [-0.15, -0.1) is 11.3 Å². The van der Waals surface area contributed by atoms with E-state index < -0.39 is 0 Å². The van der Waals surface area contributed by atoms with Gasteiger partial charge in [0.05, 0.1) is 16.4 Å². The largest absolute Gasteiger partial charge is 0.399 e. The van der Waals surface area contributed by atoms with Crippen LogP contribution in [-0.2, 0) is 0 Å². The quantitative estimate of drug-likeness (QED) is 0.790. The zero-order valence-corrected chi connectivity index (χ0v) is 9.69. The first-order chi connectivity index (χ1) is 7.15. The second-order valence-corrected chi connectivity index (χ2v) is 4.42. The molecule has 0 amide bonds. The van der Waals surface area contributed by atoms with Crippen LogP contribution in [0, 0.1) is 6.92 Å². The summed E-state index contributed by atoms with van der Waals surface area (Å²) < 4.78 is 0. The highest BCUT2D eigenvalue weighted by Gasteiger charge is 2.03. The normalized spacial score (nSPS) is 10.3. The maximum atomic E-state index is 6.02. The predicted molar refractivity (Wildman–Crippen MR) is 66.0 cm³/mol. The summed E-state index contributed by atoms with van der Waals surface area (Å²) in [5, 5.41) is 6.55. The topological polar surface area (TPSA) is 50.9 Å². The number of nitrogens with one attached hydrogen (secondary N) is 1. The van der Waals surface area contributed by atoms with E-state index in [1.807, 2.05) is 18.4 Å². The zero-order chi connectivity index (χ0) is 10.8. The number of thiazole rings is 1. The lowest BCUT2D eigenvalue weighted by Crippen LogP contribution is -1.92. The molecule has 0 unspecified atom stereocenters. The Morgan fingerprint density at radius 3 is 2.87 bits per heavy atom. The molecule has 3 N–H and O–H groups in total. The van der Waals surface area contributed by atoms with E-state index in [1.54, 1.807) is 23.5 Å². The molecular formula is C10H10ClN3S. The van der Waals surface area contributed by atoms with Gasteiger partial charge in [-0.05, 0) is 25.1 Å². The van der Waals surface area contributed by atoms with Crippen LogP contribution < -0.4 is 11.1 Å². The van der Waals surface area contributed by atoms with E-state index in [0.29, 0.717) is 10.7 Å². The molecule has 0 bridgehead atoms. The van der Waals surface area contributed by atoms with E-state index in [0.717, 1.165) is 16.5 Å². The smallest absolute Gasteiger partial charge is 0.187 e. The van der Waals surface area contributed by atoms with Crippen molar-refractivity contribution in [2.45, 2.75) is 6.92 Å². The fraction of sp³-hybridized carbons (Fsp3) is 0.100. The van der Waals surface area contributed by atoms with E-state index in [2.05, 4.69) is 10.3 Å². The Kier molecular flexibility index (Phi) is 2.79. The molecule has 0 radical (unpaired) electrons. The Morgan fingerprint density at radius 1 is 1.47 bits per heavy atom. The van der Waals surface area contributed by atoms with Crippen molar-refractivity contribution in [2.75, 3.05) is 11.1 Å². The maximum Gasteiger partial charge on any atom is 0.187 e. The summed E-state index contributed by atoms with van der Waals surface area (Å²) in [4.78, 5) is 4.29. The molecule has 0 aliphatic heterocycles. The van der Waals surface area contributed by atoms with Crippen LogP contribution in [0.1, 0.15) is 5.69 Å². The summed E-state index contributed by atoms with van der Waals surface area (Å²) in [6.07, 6.45) is 0. The second kappa shape index (κ2) is 4.08. The Bertz CT molecular complexity index is 481. The average molecular weight is 240 g/mol. The number of nitrogen functional groups attached to an aromatic ring is 1. The summed E-state index contributed by atoms with van der Waals surface area (Å²) in [5.41, 5.74) is 8.07. The van der Waals surface area contributed by atoms with E-state index in [-0.39, 0.29) is 0 Å². The third-order valence-electron chi connectivity index (χ3n) is 1.85. The Labute approximate surface area is 96.9 Å². The Hall–Kier alpha value is -1.26. The molecule has 0 saturated heterocycles. The molecule has 5 heteroatoms. The molecule has 1 heterocycles. The molecule has 78 valence electrons. The molecule has 0 aliphatic carbocycles. The Balaban J connectivity index is 2.24. The highest BCUT2D eigenvalue weighted by atomic mass is 35.5. The minimum atomic E-state index is 0.600. The molecule has 0 atom stereocenters. The van der Waals surface area contributed by atoms with Crippen LogP contribution in [0.3, 0.4) is 0 Å². The van der Waals surface area contributed by atoms with Crippen LogP contribution in [0.2, 0.25) is 5.02 Å². The number of aryl methyl sites for hydroxylation is 1. The molecule has 1 aromatic carbocycles. The van der Waals surface area contributed by atoms with Gasteiger partial charge in [-0.1, -0.05) is 11.6 Å². The van der Waals surface area contributed by atoms with Crippen molar-refractivity contribution in [2.24, 2.45) is 0 Å². The predicted octanol–water partition coefficient (Wildman–Crippen LogP) is 3.43. The van der Waals surface area contributed by atoms with Gasteiger partial charge < -0.3 is 11.1 Å². The number of hydrogen-bond donors (Lipinski definition) is 2. The van der Waals surface area contributed by atoms with Crippen molar-refractivity contribution < 1.29 is 0 Å².